The van der Waals surface area contributed by atoms with Gasteiger partial charge in [-0.05, 0) is 59.7 Å². The molecular formula is C25H22O2. The van der Waals surface area contributed by atoms with Crippen LogP contribution >= 0.6 is 0 Å². The van der Waals surface area contributed by atoms with E-state index in [-0.39, 0.29) is 5.78 Å². The molecule has 0 unspecified atom stereocenters. The number of aryl methyl sites for hydroxylation is 2. The summed E-state index contributed by atoms with van der Waals surface area (Å²) in [6.45, 7) is 4.23. The van der Waals surface area contributed by atoms with E-state index < -0.39 is 5.78 Å². The van der Waals surface area contributed by atoms with Crippen molar-refractivity contribution in [1.29, 1.82) is 0 Å². The van der Waals surface area contributed by atoms with Crippen LogP contribution in [-0.4, -0.2) is 11.6 Å². The molecule has 0 saturated heterocycles. The summed E-state index contributed by atoms with van der Waals surface area (Å²) in [5, 5.41) is 0. The topological polar surface area (TPSA) is 34.1 Å². The first kappa shape index (κ1) is 17.4. The number of fused-ring (bicyclic) bond motifs is 3. The Bertz CT molecular complexity index is 1040. The van der Waals surface area contributed by atoms with Crippen molar-refractivity contribution >= 4 is 11.6 Å². The van der Waals surface area contributed by atoms with Gasteiger partial charge in [-0.25, -0.2) is 0 Å². The van der Waals surface area contributed by atoms with E-state index in [0.29, 0.717) is 11.1 Å². The fourth-order valence-electron chi connectivity index (χ4n) is 3.80. The van der Waals surface area contributed by atoms with Crippen LogP contribution in [0.15, 0.2) is 60.7 Å². The highest BCUT2D eigenvalue weighted by molar-refractivity contribution is 6.53. The summed E-state index contributed by atoms with van der Waals surface area (Å²) in [4.78, 5) is 25.3. The minimum atomic E-state index is -0.402. The Morgan fingerprint density at radius 1 is 0.741 bits per heavy atom. The lowest BCUT2D eigenvalue weighted by molar-refractivity contribution is 0.0815. The van der Waals surface area contributed by atoms with Crippen LogP contribution in [0.2, 0.25) is 0 Å². The second-order valence-corrected chi connectivity index (χ2v) is 7.23. The minimum absolute atomic E-state index is 0.390. The van der Waals surface area contributed by atoms with Crippen molar-refractivity contribution in [1.82, 2.24) is 0 Å². The van der Waals surface area contributed by atoms with Gasteiger partial charge in [0.2, 0.25) is 11.6 Å². The van der Waals surface area contributed by atoms with E-state index in [2.05, 4.69) is 50.2 Å². The van der Waals surface area contributed by atoms with Gasteiger partial charge in [0, 0.05) is 11.1 Å². The molecule has 2 heteroatoms. The maximum absolute atomic E-state index is 12.6. The van der Waals surface area contributed by atoms with Gasteiger partial charge in [0.1, 0.15) is 0 Å². The van der Waals surface area contributed by atoms with Crippen molar-refractivity contribution in [3.05, 3.63) is 82.9 Å². The molecule has 0 aromatic heterocycles. The molecule has 0 atom stereocenters. The third kappa shape index (κ3) is 3.02. The molecule has 27 heavy (non-hydrogen) atoms. The molecular weight excluding hydrogens is 332 g/mol. The number of unbranched alkanes of at least 4 members (excludes halogenated alkanes) is 1. The third-order valence-electron chi connectivity index (χ3n) is 5.32. The number of rotatable bonds is 4. The van der Waals surface area contributed by atoms with Gasteiger partial charge in [0.15, 0.2) is 0 Å². The maximum atomic E-state index is 12.6. The van der Waals surface area contributed by atoms with Crippen LogP contribution in [-0.2, 0) is 6.42 Å². The van der Waals surface area contributed by atoms with Crippen LogP contribution in [0.1, 0.15) is 51.6 Å². The van der Waals surface area contributed by atoms with Gasteiger partial charge >= 0.3 is 0 Å². The fraction of sp³-hybridized carbons (Fsp3) is 0.200. The van der Waals surface area contributed by atoms with Gasteiger partial charge in [-0.15, -0.1) is 0 Å². The van der Waals surface area contributed by atoms with Crippen molar-refractivity contribution in [2.75, 3.05) is 0 Å². The predicted molar refractivity (Wildman–Crippen MR) is 109 cm³/mol. The fourth-order valence-corrected chi connectivity index (χ4v) is 3.80. The van der Waals surface area contributed by atoms with Crippen molar-refractivity contribution in [2.45, 2.75) is 33.1 Å². The summed E-state index contributed by atoms with van der Waals surface area (Å²) in [5.41, 5.74) is 7.43. The summed E-state index contributed by atoms with van der Waals surface area (Å²) < 4.78 is 0. The molecule has 0 radical (unpaired) electrons. The summed E-state index contributed by atoms with van der Waals surface area (Å²) in [6.07, 6.45) is 3.06. The molecule has 0 spiro atoms. The maximum Gasteiger partial charge on any atom is 0.234 e. The highest BCUT2D eigenvalue weighted by atomic mass is 16.2. The molecule has 0 fully saturated rings. The van der Waals surface area contributed by atoms with Gasteiger partial charge < -0.3 is 0 Å². The van der Waals surface area contributed by atoms with Gasteiger partial charge in [-0.1, -0.05) is 67.4 Å². The Morgan fingerprint density at radius 3 is 2.19 bits per heavy atom. The molecule has 1 aliphatic rings. The molecule has 4 rings (SSSR count). The molecule has 2 nitrogen and oxygen atoms in total. The second-order valence-electron chi connectivity index (χ2n) is 7.23. The zero-order valence-corrected chi connectivity index (χ0v) is 15.7. The van der Waals surface area contributed by atoms with Crippen molar-refractivity contribution < 1.29 is 9.59 Å². The van der Waals surface area contributed by atoms with Crippen LogP contribution in [0, 0.1) is 6.92 Å². The van der Waals surface area contributed by atoms with Gasteiger partial charge in [0.25, 0.3) is 0 Å². The number of hydrogen-bond donors (Lipinski definition) is 0. The number of Topliss-reactive ketones (excluding diaryl/α,β-unsaturated/α-hetero) is 2. The van der Waals surface area contributed by atoms with Gasteiger partial charge in [-0.3, -0.25) is 9.59 Å². The summed E-state index contributed by atoms with van der Waals surface area (Å²) in [6, 6.07) is 19.9. The number of benzene rings is 3. The zero-order chi connectivity index (χ0) is 19.0. The monoisotopic (exact) mass is 354 g/mol. The van der Waals surface area contributed by atoms with Crippen molar-refractivity contribution in [3.8, 4) is 22.3 Å². The summed E-state index contributed by atoms with van der Waals surface area (Å²) >= 11 is 0. The lowest BCUT2D eigenvalue weighted by Gasteiger charge is -2.22. The number of carbonyl (C=O) groups excluding carboxylic acids is 2. The van der Waals surface area contributed by atoms with Crippen LogP contribution < -0.4 is 0 Å². The molecule has 3 aromatic carbocycles. The van der Waals surface area contributed by atoms with Crippen molar-refractivity contribution in [3.63, 3.8) is 0 Å². The smallest absolute Gasteiger partial charge is 0.234 e. The summed E-state index contributed by atoms with van der Waals surface area (Å²) in [5.74, 6) is -0.792. The standard InChI is InChI=1S/C25H22O2/c1-3-4-6-18-7-5-8-21-23(18)22-15-19(17-11-9-16(2)10-12-17)13-14-20(22)24(26)25(21)27/h5,7-15H,3-4,6H2,1-2H3. The highest BCUT2D eigenvalue weighted by Gasteiger charge is 2.31. The van der Waals surface area contributed by atoms with E-state index >= 15 is 0 Å². The first-order chi connectivity index (χ1) is 13.1. The minimum Gasteiger partial charge on any atom is -0.285 e. The van der Waals surface area contributed by atoms with E-state index in [1.807, 2.05) is 18.2 Å². The molecule has 0 saturated carbocycles. The molecule has 3 aromatic rings. The van der Waals surface area contributed by atoms with E-state index in [4.69, 9.17) is 0 Å². The Balaban J connectivity index is 1.92. The van der Waals surface area contributed by atoms with Gasteiger partial charge in [0.05, 0.1) is 0 Å². The average molecular weight is 354 g/mol. The Morgan fingerprint density at radius 2 is 1.44 bits per heavy atom. The quantitative estimate of drug-likeness (QED) is 0.534. The molecule has 0 N–H and O–H groups in total. The Hall–Kier alpha value is -3.00. The Kier molecular flexibility index (Phi) is 4.49. The van der Waals surface area contributed by atoms with E-state index in [1.54, 1.807) is 6.07 Å². The molecule has 1 aliphatic carbocycles. The predicted octanol–water partition coefficient (Wildman–Crippen LogP) is 6.05. The zero-order valence-electron chi connectivity index (χ0n) is 15.7. The highest BCUT2D eigenvalue weighted by Crippen LogP contribution is 2.39. The van der Waals surface area contributed by atoms with Crippen molar-refractivity contribution in [2.24, 2.45) is 0 Å². The van der Waals surface area contributed by atoms with Gasteiger partial charge in [-0.2, -0.15) is 0 Å². The van der Waals surface area contributed by atoms with E-state index in [0.717, 1.165) is 47.1 Å². The normalized spacial score (nSPS) is 12.7. The van der Waals surface area contributed by atoms with Crippen LogP contribution in [0.3, 0.4) is 0 Å². The molecule has 134 valence electrons. The molecule has 0 bridgehead atoms. The first-order valence-corrected chi connectivity index (χ1v) is 9.52. The van der Waals surface area contributed by atoms with Crippen LogP contribution in [0.25, 0.3) is 22.3 Å². The third-order valence-corrected chi connectivity index (χ3v) is 5.32. The SMILES string of the molecule is CCCCc1cccc2c1-c1cc(-c3ccc(C)cc3)ccc1C(=O)C2=O. The van der Waals surface area contributed by atoms with E-state index in [1.165, 1.54) is 5.56 Å². The largest absolute Gasteiger partial charge is 0.285 e. The number of carbonyl (C=O) groups is 2. The van der Waals surface area contributed by atoms with Crippen LogP contribution in [0.4, 0.5) is 0 Å². The molecule has 0 amide bonds. The summed E-state index contributed by atoms with van der Waals surface area (Å²) in [7, 11) is 0. The lowest BCUT2D eigenvalue weighted by atomic mass is 9.79. The van der Waals surface area contributed by atoms with Crippen LogP contribution in [0.5, 0.6) is 0 Å². The van der Waals surface area contributed by atoms with E-state index in [9.17, 15) is 9.59 Å². The Labute approximate surface area is 159 Å². The molecule has 0 aliphatic heterocycles. The average Bonchev–Trinajstić information content (AvgIpc) is 2.70. The number of hydrogen-bond acceptors (Lipinski definition) is 2. The number of ketones is 2. The second kappa shape index (κ2) is 6.96. The molecule has 0 heterocycles. The first-order valence-electron chi connectivity index (χ1n) is 9.52. The lowest BCUT2D eigenvalue weighted by Crippen LogP contribution is -2.22.